The lowest BCUT2D eigenvalue weighted by Gasteiger charge is -1.96. The summed E-state index contributed by atoms with van der Waals surface area (Å²) in [6.07, 6.45) is 7.92. The Kier molecular flexibility index (Phi) is 9.34. The van der Waals surface area contributed by atoms with Gasteiger partial charge in [-0.1, -0.05) is 45.4 Å². The van der Waals surface area contributed by atoms with Gasteiger partial charge in [-0.3, -0.25) is 0 Å². The van der Waals surface area contributed by atoms with Crippen LogP contribution in [0.5, 0.6) is 0 Å². The van der Waals surface area contributed by atoms with E-state index >= 15 is 0 Å². The van der Waals surface area contributed by atoms with Crippen molar-refractivity contribution in [2.45, 2.75) is 51.5 Å². The standard InChI is InChI=1S/C8H19OSi/c1-2-3-4-5-6-7-8-10-9/h2-8,10H2,1H3. The van der Waals surface area contributed by atoms with Gasteiger partial charge in [0, 0.05) is 0 Å². The largest absolute Gasteiger partial charge is 0.306 e. The molecule has 0 bridgehead atoms. The highest BCUT2D eigenvalue weighted by Crippen LogP contribution is 2.06. The lowest BCUT2D eigenvalue weighted by atomic mass is 10.1. The quantitative estimate of drug-likeness (QED) is 0.401. The smallest absolute Gasteiger partial charge is 0.207 e. The van der Waals surface area contributed by atoms with Gasteiger partial charge >= 0.3 is 0 Å². The Bertz CT molecular complexity index is 49.2. The average Bonchev–Trinajstić information content (AvgIpc) is 1.97. The summed E-state index contributed by atoms with van der Waals surface area (Å²) in [4.78, 5) is 10.2. The molecule has 0 aromatic heterocycles. The van der Waals surface area contributed by atoms with E-state index in [4.69, 9.17) is 0 Å². The van der Waals surface area contributed by atoms with E-state index in [1.54, 1.807) is 0 Å². The molecule has 0 aromatic carbocycles. The molecule has 0 heterocycles. The summed E-state index contributed by atoms with van der Waals surface area (Å²) in [5, 5.41) is 0. The van der Waals surface area contributed by atoms with Gasteiger partial charge in [-0.25, -0.2) is 0 Å². The molecular weight excluding hydrogens is 140 g/mol. The maximum Gasteiger partial charge on any atom is 0.207 e. The molecule has 1 nitrogen and oxygen atoms in total. The van der Waals surface area contributed by atoms with E-state index in [-0.39, 0.29) is 0 Å². The highest BCUT2D eigenvalue weighted by atomic mass is 28.2. The van der Waals surface area contributed by atoms with Gasteiger partial charge in [0.05, 0.1) is 0 Å². The zero-order valence-electron chi connectivity index (χ0n) is 7.07. The Labute approximate surface area is 66.8 Å². The Morgan fingerprint density at radius 2 is 1.60 bits per heavy atom. The molecule has 0 aromatic rings. The molecule has 0 atom stereocenters. The first-order chi connectivity index (χ1) is 4.91. The van der Waals surface area contributed by atoms with E-state index in [1.165, 1.54) is 38.5 Å². The van der Waals surface area contributed by atoms with Crippen molar-refractivity contribution in [2.24, 2.45) is 0 Å². The molecule has 61 valence electrons. The topological polar surface area (TPSA) is 19.9 Å². The monoisotopic (exact) mass is 159 g/mol. The Balaban J connectivity index is 2.65. The maximum atomic E-state index is 10.2. The summed E-state index contributed by atoms with van der Waals surface area (Å²) >= 11 is 0. The number of rotatable bonds is 7. The predicted octanol–water partition coefficient (Wildman–Crippen LogP) is 2.28. The normalized spacial score (nSPS) is 11.4. The molecular formula is C8H19OSi. The first-order valence-corrected chi connectivity index (χ1v) is 6.07. The first kappa shape index (κ1) is 10.2. The van der Waals surface area contributed by atoms with Crippen LogP contribution in [0.15, 0.2) is 0 Å². The fraction of sp³-hybridized carbons (Fsp3) is 1.00. The molecule has 0 rings (SSSR count). The number of hydrogen-bond acceptors (Lipinski definition) is 0. The van der Waals surface area contributed by atoms with Crippen LogP contribution in [-0.2, 0) is 4.80 Å². The minimum Gasteiger partial charge on any atom is -0.306 e. The van der Waals surface area contributed by atoms with Crippen molar-refractivity contribution in [2.75, 3.05) is 0 Å². The predicted molar refractivity (Wildman–Crippen MR) is 47.4 cm³/mol. The third-order valence-corrected chi connectivity index (χ3v) is 2.54. The molecule has 0 fully saturated rings. The fourth-order valence-corrected chi connectivity index (χ4v) is 1.62. The van der Waals surface area contributed by atoms with Crippen molar-refractivity contribution >= 4 is 9.76 Å². The molecule has 0 unspecified atom stereocenters. The van der Waals surface area contributed by atoms with Crippen molar-refractivity contribution in [3.8, 4) is 0 Å². The van der Waals surface area contributed by atoms with Gasteiger partial charge in [0.25, 0.3) is 0 Å². The minimum absolute atomic E-state index is 0.875. The van der Waals surface area contributed by atoms with E-state index in [0.717, 1.165) is 6.04 Å². The molecule has 1 radical (unpaired) electrons. The average molecular weight is 159 g/mol. The number of unbranched alkanes of at least 4 members (excludes halogenated alkanes) is 5. The lowest BCUT2D eigenvalue weighted by molar-refractivity contribution is 0.468. The van der Waals surface area contributed by atoms with Crippen LogP contribution in [0.2, 0.25) is 6.04 Å². The Morgan fingerprint density at radius 3 is 2.20 bits per heavy atom. The van der Waals surface area contributed by atoms with Gasteiger partial charge in [-0.05, 0) is 6.04 Å². The first-order valence-electron chi connectivity index (χ1n) is 4.50. The molecule has 0 aliphatic heterocycles. The Hall–Kier alpha value is 0.177. The SMILES string of the molecule is CCCCCCCC[SiH2][O]. The van der Waals surface area contributed by atoms with Crippen LogP contribution in [0.4, 0.5) is 0 Å². The molecule has 0 spiro atoms. The van der Waals surface area contributed by atoms with E-state index in [0.29, 0.717) is 0 Å². The number of hydrogen-bond donors (Lipinski definition) is 0. The lowest BCUT2D eigenvalue weighted by Crippen LogP contribution is -1.84. The highest BCUT2D eigenvalue weighted by molar-refractivity contribution is 6.24. The zero-order valence-corrected chi connectivity index (χ0v) is 8.48. The van der Waals surface area contributed by atoms with Crippen LogP contribution in [0.3, 0.4) is 0 Å². The van der Waals surface area contributed by atoms with E-state index in [1.807, 2.05) is 0 Å². The fourth-order valence-electron chi connectivity index (χ4n) is 1.06. The molecule has 10 heavy (non-hydrogen) atoms. The minimum atomic E-state index is -0.875. The van der Waals surface area contributed by atoms with Gasteiger partial charge in [0.2, 0.25) is 9.76 Å². The molecule has 2 heteroatoms. The van der Waals surface area contributed by atoms with Crippen LogP contribution in [0.1, 0.15) is 45.4 Å². The summed E-state index contributed by atoms with van der Waals surface area (Å²) in [5.74, 6) is 0. The third-order valence-electron chi connectivity index (χ3n) is 1.75. The van der Waals surface area contributed by atoms with Crippen LogP contribution < -0.4 is 0 Å². The van der Waals surface area contributed by atoms with Gasteiger partial charge < -0.3 is 4.80 Å². The molecule has 0 N–H and O–H groups in total. The van der Waals surface area contributed by atoms with E-state index < -0.39 is 9.76 Å². The second-order valence-corrected chi connectivity index (χ2v) is 3.94. The van der Waals surface area contributed by atoms with Crippen molar-refractivity contribution in [3.05, 3.63) is 0 Å². The molecule has 0 saturated heterocycles. The van der Waals surface area contributed by atoms with Crippen molar-refractivity contribution in [1.29, 1.82) is 0 Å². The summed E-state index contributed by atoms with van der Waals surface area (Å²) in [5.41, 5.74) is 0. The van der Waals surface area contributed by atoms with Gasteiger partial charge in [-0.2, -0.15) is 0 Å². The highest BCUT2D eigenvalue weighted by Gasteiger charge is 1.89. The Morgan fingerprint density at radius 1 is 1.00 bits per heavy atom. The van der Waals surface area contributed by atoms with Crippen molar-refractivity contribution in [3.63, 3.8) is 0 Å². The zero-order chi connectivity index (χ0) is 7.66. The summed E-state index contributed by atoms with van der Waals surface area (Å²) < 4.78 is 0. The van der Waals surface area contributed by atoms with Gasteiger partial charge in [-0.15, -0.1) is 0 Å². The molecule has 0 aliphatic rings. The second-order valence-electron chi connectivity index (χ2n) is 2.83. The van der Waals surface area contributed by atoms with Crippen molar-refractivity contribution in [1.82, 2.24) is 0 Å². The van der Waals surface area contributed by atoms with Crippen LogP contribution in [0, 0.1) is 0 Å². The van der Waals surface area contributed by atoms with Gasteiger partial charge in [0.1, 0.15) is 0 Å². The summed E-state index contributed by atoms with van der Waals surface area (Å²) in [6, 6.07) is 1.02. The van der Waals surface area contributed by atoms with Crippen LogP contribution in [-0.4, -0.2) is 9.76 Å². The van der Waals surface area contributed by atoms with Crippen LogP contribution in [0.25, 0.3) is 0 Å². The van der Waals surface area contributed by atoms with Crippen LogP contribution >= 0.6 is 0 Å². The molecule has 0 saturated carbocycles. The third kappa shape index (κ3) is 8.18. The second kappa shape index (κ2) is 9.18. The molecule has 0 aliphatic carbocycles. The molecule has 0 amide bonds. The summed E-state index contributed by atoms with van der Waals surface area (Å²) in [6.45, 7) is 2.23. The van der Waals surface area contributed by atoms with Gasteiger partial charge in [0.15, 0.2) is 0 Å². The van der Waals surface area contributed by atoms with E-state index in [9.17, 15) is 4.80 Å². The van der Waals surface area contributed by atoms with E-state index in [2.05, 4.69) is 6.92 Å². The summed E-state index contributed by atoms with van der Waals surface area (Å²) in [7, 11) is -0.875. The maximum absolute atomic E-state index is 10.2. The van der Waals surface area contributed by atoms with Crippen molar-refractivity contribution < 1.29 is 4.80 Å².